The van der Waals surface area contributed by atoms with Gasteiger partial charge in [-0.05, 0) is 40.6 Å². The average molecular weight is 391 g/mol. The van der Waals surface area contributed by atoms with Crippen LogP contribution in [0.1, 0.15) is 5.56 Å². The first-order valence-electron chi connectivity index (χ1n) is 8.81. The van der Waals surface area contributed by atoms with E-state index in [4.69, 9.17) is 15.9 Å². The van der Waals surface area contributed by atoms with Gasteiger partial charge >= 0.3 is 0 Å². The summed E-state index contributed by atoms with van der Waals surface area (Å²) in [6.07, 6.45) is 5.21. The SMILES string of the molecule is C#CCOc1ccc(SCC(=O)NCc2ccc3ccccc3c2)cc1OC. The fraction of sp³-hybridized carbons (Fsp3) is 0.174. The van der Waals surface area contributed by atoms with Crippen molar-refractivity contribution in [1.82, 2.24) is 5.32 Å². The van der Waals surface area contributed by atoms with Gasteiger partial charge in [-0.25, -0.2) is 0 Å². The van der Waals surface area contributed by atoms with Crippen molar-refractivity contribution >= 4 is 28.4 Å². The van der Waals surface area contributed by atoms with Gasteiger partial charge < -0.3 is 14.8 Å². The van der Waals surface area contributed by atoms with E-state index < -0.39 is 0 Å². The molecular weight excluding hydrogens is 370 g/mol. The Hall–Kier alpha value is -3.10. The summed E-state index contributed by atoms with van der Waals surface area (Å²) in [6, 6.07) is 19.9. The molecule has 1 amide bonds. The van der Waals surface area contributed by atoms with Gasteiger partial charge in [0.2, 0.25) is 5.91 Å². The summed E-state index contributed by atoms with van der Waals surface area (Å²) in [6.45, 7) is 0.687. The van der Waals surface area contributed by atoms with Crippen LogP contribution in [0.15, 0.2) is 65.6 Å². The predicted octanol–water partition coefficient (Wildman–Crippen LogP) is 4.27. The highest BCUT2D eigenvalue weighted by molar-refractivity contribution is 8.00. The molecule has 3 aromatic rings. The highest BCUT2D eigenvalue weighted by Gasteiger charge is 2.08. The highest BCUT2D eigenvalue weighted by Crippen LogP contribution is 2.32. The van der Waals surface area contributed by atoms with Crippen molar-refractivity contribution in [3.05, 3.63) is 66.2 Å². The first-order chi connectivity index (χ1) is 13.7. The van der Waals surface area contributed by atoms with Crippen molar-refractivity contribution < 1.29 is 14.3 Å². The van der Waals surface area contributed by atoms with Crippen LogP contribution in [0.2, 0.25) is 0 Å². The van der Waals surface area contributed by atoms with E-state index in [9.17, 15) is 4.79 Å². The fourth-order valence-electron chi connectivity index (χ4n) is 2.73. The molecule has 5 heteroatoms. The number of benzene rings is 3. The summed E-state index contributed by atoms with van der Waals surface area (Å²) in [5.74, 6) is 3.90. The Balaban J connectivity index is 1.52. The number of rotatable bonds is 8. The van der Waals surface area contributed by atoms with Crippen LogP contribution in [0.5, 0.6) is 11.5 Å². The molecule has 1 N–H and O–H groups in total. The third-order valence-corrected chi connectivity index (χ3v) is 5.11. The zero-order valence-electron chi connectivity index (χ0n) is 15.6. The molecule has 0 unspecified atom stereocenters. The number of nitrogens with one attached hydrogen (secondary N) is 1. The fourth-order valence-corrected chi connectivity index (χ4v) is 3.48. The van der Waals surface area contributed by atoms with Crippen LogP contribution in [-0.4, -0.2) is 25.4 Å². The quantitative estimate of drug-likeness (QED) is 0.460. The second-order valence-corrected chi connectivity index (χ2v) is 7.10. The number of amides is 1. The number of ether oxygens (including phenoxy) is 2. The predicted molar refractivity (Wildman–Crippen MR) is 114 cm³/mol. The van der Waals surface area contributed by atoms with Gasteiger partial charge in [-0.15, -0.1) is 18.2 Å². The van der Waals surface area contributed by atoms with Gasteiger partial charge in [0.05, 0.1) is 12.9 Å². The topological polar surface area (TPSA) is 47.6 Å². The number of terminal acetylenes is 1. The maximum absolute atomic E-state index is 12.2. The van der Waals surface area contributed by atoms with E-state index in [1.807, 2.05) is 30.3 Å². The Kier molecular flexibility index (Phi) is 6.83. The molecule has 4 nitrogen and oxygen atoms in total. The smallest absolute Gasteiger partial charge is 0.230 e. The van der Waals surface area contributed by atoms with Crippen LogP contribution in [0.3, 0.4) is 0 Å². The van der Waals surface area contributed by atoms with Gasteiger partial charge in [0.1, 0.15) is 6.61 Å². The van der Waals surface area contributed by atoms with Crippen LogP contribution in [0.4, 0.5) is 0 Å². The maximum atomic E-state index is 12.2. The van der Waals surface area contributed by atoms with Crippen LogP contribution < -0.4 is 14.8 Å². The Labute approximate surface area is 169 Å². The van der Waals surface area contributed by atoms with E-state index >= 15 is 0 Å². The molecule has 0 aromatic heterocycles. The second kappa shape index (κ2) is 9.72. The molecule has 0 fully saturated rings. The molecule has 142 valence electrons. The molecular formula is C23H21NO3S. The molecule has 0 heterocycles. The molecule has 0 aliphatic carbocycles. The lowest BCUT2D eigenvalue weighted by molar-refractivity contribution is -0.118. The minimum absolute atomic E-state index is 0.0233. The van der Waals surface area contributed by atoms with E-state index in [0.29, 0.717) is 23.8 Å². The molecule has 0 atom stereocenters. The van der Waals surface area contributed by atoms with E-state index in [1.165, 1.54) is 22.5 Å². The van der Waals surface area contributed by atoms with Gasteiger partial charge in [-0.2, -0.15) is 0 Å². The number of hydrogen-bond acceptors (Lipinski definition) is 4. The van der Waals surface area contributed by atoms with Gasteiger partial charge in [-0.1, -0.05) is 42.3 Å². The van der Waals surface area contributed by atoms with E-state index in [0.717, 1.165) is 10.5 Å². The number of thioether (sulfide) groups is 1. The summed E-state index contributed by atoms with van der Waals surface area (Å²) >= 11 is 1.44. The Morgan fingerprint density at radius 3 is 2.68 bits per heavy atom. The molecule has 3 aromatic carbocycles. The van der Waals surface area contributed by atoms with Crippen LogP contribution in [-0.2, 0) is 11.3 Å². The van der Waals surface area contributed by atoms with Gasteiger partial charge in [0.25, 0.3) is 0 Å². The summed E-state index contributed by atoms with van der Waals surface area (Å²) in [7, 11) is 1.57. The maximum Gasteiger partial charge on any atom is 0.230 e. The van der Waals surface area contributed by atoms with Crippen molar-refractivity contribution in [3.8, 4) is 23.8 Å². The largest absolute Gasteiger partial charge is 0.493 e. The Bertz CT molecular complexity index is 1010. The number of carbonyl (C=O) groups is 1. The van der Waals surface area contributed by atoms with Crippen LogP contribution >= 0.6 is 11.8 Å². The second-order valence-electron chi connectivity index (χ2n) is 6.05. The molecule has 0 aliphatic heterocycles. The normalized spacial score (nSPS) is 10.3. The zero-order chi connectivity index (χ0) is 19.8. The number of hydrogen-bond donors (Lipinski definition) is 1. The minimum Gasteiger partial charge on any atom is -0.493 e. The monoisotopic (exact) mass is 391 g/mol. The average Bonchev–Trinajstić information content (AvgIpc) is 2.74. The first kappa shape index (κ1) is 19.7. The van der Waals surface area contributed by atoms with Crippen LogP contribution in [0, 0.1) is 12.3 Å². The molecule has 3 rings (SSSR count). The summed E-state index contributed by atoms with van der Waals surface area (Å²) in [5, 5.41) is 5.32. The van der Waals surface area contributed by atoms with Crippen molar-refractivity contribution in [2.45, 2.75) is 11.4 Å². The van der Waals surface area contributed by atoms with E-state index in [2.05, 4.69) is 35.5 Å². The number of carbonyl (C=O) groups excluding carboxylic acids is 1. The Morgan fingerprint density at radius 2 is 1.89 bits per heavy atom. The lowest BCUT2D eigenvalue weighted by Crippen LogP contribution is -2.24. The standard InChI is InChI=1S/C23H21NO3S/c1-3-12-27-21-11-10-20(14-22(21)26-2)28-16-23(25)24-15-17-8-9-18-6-4-5-7-19(18)13-17/h1,4-11,13-14H,12,15-16H2,2H3,(H,24,25). The first-order valence-corrected chi connectivity index (χ1v) is 9.79. The van der Waals surface area contributed by atoms with Crippen LogP contribution in [0.25, 0.3) is 10.8 Å². The minimum atomic E-state index is -0.0233. The van der Waals surface area contributed by atoms with Gasteiger partial charge in [0.15, 0.2) is 11.5 Å². The molecule has 0 radical (unpaired) electrons. The van der Waals surface area contributed by atoms with Crippen molar-refractivity contribution in [2.24, 2.45) is 0 Å². The molecule has 0 saturated carbocycles. The third-order valence-electron chi connectivity index (χ3n) is 4.12. The summed E-state index contributed by atoms with van der Waals surface area (Å²) in [5.41, 5.74) is 1.08. The Morgan fingerprint density at radius 1 is 1.07 bits per heavy atom. The third kappa shape index (κ3) is 5.21. The highest BCUT2D eigenvalue weighted by atomic mass is 32.2. The number of fused-ring (bicyclic) bond motifs is 1. The molecule has 0 saturated heterocycles. The lowest BCUT2D eigenvalue weighted by atomic mass is 10.1. The zero-order valence-corrected chi connectivity index (χ0v) is 16.4. The van der Waals surface area contributed by atoms with Crippen molar-refractivity contribution in [3.63, 3.8) is 0 Å². The molecule has 0 spiro atoms. The van der Waals surface area contributed by atoms with Gasteiger partial charge in [-0.3, -0.25) is 4.79 Å². The van der Waals surface area contributed by atoms with E-state index in [-0.39, 0.29) is 12.5 Å². The van der Waals surface area contributed by atoms with Crippen molar-refractivity contribution in [2.75, 3.05) is 19.5 Å². The van der Waals surface area contributed by atoms with Gasteiger partial charge in [0, 0.05) is 11.4 Å². The summed E-state index contributed by atoms with van der Waals surface area (Å²) in [4.78, 5) is 13.1. The molecule has 0 bridgehead atoms. The van der Waals surface area contributed by atoms with E-state index in [1.54, 1.807) is 13.2 Å². The summed E-state index contributed by atoms with van der Waals surface area (Å²) < 4.78 is 10.7. The molecule has 0 aliphatic rings. The van der Waals surface area contributed by atoms with Crippen molar-refractivity contribution in [1.29, 1.82) is 0 Å². The molecule has 28 heavy (non-hydrogen) atoms. The lowest BCUT2D eigenvalue weighted by Gasteiger charge is -2.11. The number of methoxy groups -OCH3 is 1.